The quantitative estimate of drug-likeness (QED) is 0.859. The van der Waals surface area contributed by atoms with Gasteiger partial charge in [-0.1, -0.05) is 13.0 Å². The molecule has 0 bridgehead atoms. The van der Waals surface area contributed by atoms with E-state index in [-0.39, 0.29) is 0 Å². The predicted molar refractivity (Wildman–Crippen MR) is 94.5 cm³/mol. The summed E-state index contributed by atoms with van der Waals surface area (Å²) in [5.41, 5.74) is 10.7. The maximum Gasteiger partial charge on any atom is 0.128 e. The lowest BCUT2D eigenvalue weighted by Crippen LogP contribution is -2.10. The largest absolute Gasteiger partial charge is 0.496 e. The second kappa shape index (κ2) is 5.85. The van der Waals surface area contributed by atoms with Gasteiger partial charge in [-0.25, -0.2) is 4.98 Å². The third-order valence-electron chi connectivity index (χ3n) is 4.64. The van der Waals surface area contributed by atoms with E-state index in [1.54, 1.807) is 13.2 Å². The fraction of sp³-hybridized carbons (Fsp3) is 0.421. The lowest BCUT2D eigenvalue weighted by Gasteiger charge is -2.16. The summed E-state index contributed by atoms with van der Waals surface area (Å²) in [7, 11) is 1.71. The molecule has 0 aliphatic carbocycles. The lowest BCUT2D eigenvalue weighted by atomic mass is 9.98. The van der Waals surface area contributed by atoms with E-state index in [1.807, 2.05) is 12.1 Å². The van der Waals surface area contributed by atoms with E-state index in [4.69, 9.17) is 10.5 Å². The standard InChI is InChI=1S/C19H25N3O/c1-5-13-9-15(16-7-6-8-18(20)21-16)17(23-4)10-14(13)11-22-12-19(22,2)3/h6-10H,5,11-12H2,1-4H3,(H2,20,21). The lowest BCUT2D eigenvalue weighted by molar-refractivity contribution is 0.411. The van der Waals surface area contributed by atoms with Gasteiger partial charge in [0, 0.05) is 24.2 Å². The summed E-state index contributed by atoms with van der Waals surface area (Å²) in [4.78, 5) is 6.91. The molecular formula is C19H25N3O. The maximum atomic E-state index is 5.83. The molecule has 2 N–H and O–H groups in total. The van der Waals surface area contributed by atoms with E-state index in [0.29, 0.717) is 11.4 Å². The first-order valence-electron chi connectivity index (χ1n) is 8.12. The molecule has 2 aromatic rings. The van der Waals surface area contributed by atoms with Crippen molar-refractivity contribution in [1.29, 1.82) is 0 Å². The summed E-state index contributed by atoms with van der Waals surface area (Å²) in [5.74, 6) is 1.38. The minimum atomic E-state index is 0.326. The Balaban J connectivity index is 2.01. The van der Waals surface area contributed by atoms with Crippen molar-refractivity contribution in [3.05, 3.63) is 41.5 Å². The van der Waals surface area contributed by atoms with Crippen molar-refractivity contribution in [2.45, 2.75) is 39.3 Å². The van der Waals surface area contributed by atoms with E-state index < -0.39 is 0 Å². The van der Waals surface area contributed by atoms with Crippen LogP contribution < -0.4 is 10.5 Å². The van der Waals surface area contributed by atoms with Gasteiger partial charge in [-0.15, -0.1) is 0 Å². The Morgan fingerprint density at radius 3 is 2.57 bits per heavy atom. The normalized spacial score (nSPS) is 18.7. The van der Waals surface area contributed by atoms with Crippen LogP contribution in [0.25, 0.3) is 11.3 Å². The molecule has 1 aromatic carbocycles. The van der Waals surface area contributed by atoms with Crippen LogP contribution in [0.4, 0.5) is 5.82 Å². The minimum absolute atomic E-state index is 0.326. The monoisotopic (exact) mass is 311 g/mol. The minimum Gasteiger partial charge on any atom is -0.496 e. The van der Waals surface area contributed by atoms with Crippen molar-refractivity contribution in [2.24, 2.45) is 0 Å². The first-order valence-corrected chi connectivity index (χ1v) is 8.12. The van der Waals surface area contributed by atoms with Crippen LogP contribution in [0.3, 0.4) is 0 Å². The van der Waals surface area contributed by atoms with Gasteiger partial charge < -0.3 is 10.5 Å². The highest BCUT2D eigenvalue weighted by Crippen LogP contribution is 2.37. The highest BCUT2D eigenvalue weighted by Gasteiger charge is 2.42. The highest BCUT2D eigenvalue weighted by molar-refractivity contribution is 5.70. The number of benzene rings is 1. The SMILES string of the molecule is CCc1cc(-c2cccc(N)n2)c(OC)cc1CN1CC1(C)C. The van der Waals surface area contributed by atoms with Gasteiger partial charge in [0.15, 0.2) is 0 Å². The van der Waals surface area contributed by atoms with Gasteiger partial charge >= 0.3 is 0 Å². The van der Waals surface area contributed by atoms with Crippen LogP contribution in [0, 0.1) is 0 Å². The van der Waals surface area contributed by atoms with Crippen LogP contribution >= 0.6 is 0 Å². The number of nitrogens with two attached hydrogens (primary N) is 1. The maximum absolute atomic E-state index is 5.83. The van der Waals surface area contributed by atoms with Crippen molar-refractivity contribution in [2.75, 3.05) is 19.4 Å². The molecule has 1 atom stereocenters. The second-order valence-electron chi connectivity index (χ2n) is 6.79. The molecular weight excluding hydrogens is 286 g/mol. The Morgan fingerprint density at radius 1 is 1.26 bits per heavy atom. The number of pyridine rings is 1. The summed E-state index contributed by atoms with van der Waals surface area (Å²) in [6.45, 7) is 8.87. The molecule has 1 aliphatic rings. The van der Waals surface area contributed by atoms with Crippen molar-refractivity contribution in [3.8, 4) is 17.0 Å². The number of hydrogen-bond acceptors (Lipinski definition) is 4. The molecule has 2 heterocycles. The summed E-state index contributed by atoms with van der Waals surface area (Å²) >= 11 is 0. The van der Waals surface area contributed by atoms with Crippen LogP contribution in [0.15, 0.2) is 30.3 Å². The molecule has 1 saturated heterocycles. The molecule has 0 saturated carbocycles. The molecule has 1 unspecified atom stereocenters. The topological polar surface area (TPSA) is 51.1 Å². The zero-order valence-electron chi connectivity index (χ0n) is 14.4. The molecule has 1 aliphatic heterocycles. The van der Waals surface area contributed by atoms with Crippen LogP contribution in [0.1, 0.15) is 31.9 Å². The van der Waals surface area contributed by atoms with Crippen molar-refractivity contribution in [3.63, 3.8) is 0 Å². The number of anilines is 1. The Hall–Kier alpha value is -2.07. The van der Waals surface area contributed by atoms with Crippen molar-refractivity contribution >= 4 is 5.82 Å². The Bertz CT molecular complexity index is 725. The van der Waals surface area contributed by atoms with Gasteiger partial charge in [0.2, 0.25) is 0 Å². The Kier molecular flexibility index (Phi) is 4.02. The van der Waals surface area contributed by atoms with Gasteiger partial charge in [-0.2, -0.15) is 0 Å². The summed E-state index contributed by atoms with van der Waals surface area (Å²) in [6, 6.07) is 10.1. The number of rotatable bonds is 5. The van der Waals surface area contributed by atoms with Gasteiger partial charge in [0.25, 0.3) is 0 Å². The number of nitrogen functional groups attached to an aromatic ring is 1. The van der Waals surface area contributed by atoms with Gasteiger partial charge in [0.05, 0.1) is 12.8 Å². The molecule has 0 spiro atoms. The molecule has 0 radical (unpaired) electrons. The van der Waals surface area contributed by atoms with E-state index in [1.165, 1.54) is 11.1 Å². The first kappa shape index (κ1) is 15.8. The van der Waals surface area contributed by atoms with Crippen LogP contribution in [0.2, 0.25) is 0 Å². The van der Waals surface area contributed by atoms with E-state index in [9.17, 15) is 0 Å². The van der Waals surface area contributed by atoms with Gasteiger partial charge in [-0.3, -0.25) is 4.90 Å². The average molecular weight is 311 g/mol. The van der Waals surface area contributed by atoms with E-state index in [0.717, 1.165) is 36.5 Å². The molecule has 23 heavy (non-hydrogen) atoms. The summed E-state index contributed by atoms with van der Waals surface area (Å²) in [5, 5.41) is 0. The zero-order chi connectivity index (χ0) is 16.6. The average Bonchev–Trinajstić information content (AvgIpc) is 3.13. The number of hydrogen-bond donors (Lipinski definition) is 1. The Labute approximate surface area is 138 Å². The van der Waals surface area contributed by atoms with Crippen molar-refractivity contribution < 1.29 is 4.74 Å². The highest BCUT2D eigenvalue weighted by atomic mass is 16.5. The van der Waals surface area contributed by atoms with Crippen LogP contribution in [-0.4, -0.2) is 29.1 Å². The number of nitrogens with zero attached hydrogens (tertiary/aromatic N) is 2. The molecule has 1 aromatic heterocycles. The third kappa shape index (κ3) is 3.17. The number of methoxy groups -OCH3 is 1. The molecule has 3 rings (SSSR count). The van der Waals surface area contributed by atoms with Gasteiger partial charge in [0.1, 0.15) is 11.6 Å². The van der Waals surface area contributed by atoms with Crippen molar-refractivity contribution in [1.82, 2.24) is 9.88 Å². The Morgan fingerprint density at radius 2 is 2.00 bits per heavy atom. The smallest absolute Gasteiger partial charge is 0.128 e. The second-order valence-corrected chi connectivity index (χ2v) is 6.79. The third-order valence-corrected chi connectivity index (χ3v) is 4.64. The molecule has 0 amide bonds. The molecule has 122 valence electrons. The van der Waals surface area contributed by atoms with E-state index in [2.05, 4.69) is 42.8 Å². The number of aromatic nitrogens is 1. The zero-order valence-corrected chi connectivity index (χ0v) is 14.4. The molecule has 1 fully saturated rings. The van der Waals surface area contributed by atoms with Gasteiger partial charge in [-0.05, 0) is 55.7 Å². The van der Waals surface area contributed by atoms with Crippen LogP contribution in [0.5, 0.6) is 5.75 Å². The molecule has 4 heteroatoms. The van der Waals surface area contributed by atoms with Crippen LogP contribution in [-0.2, 0) is 13.0 Å². The number of aryl methyl sites for hydroxylation is 1. The predicted octanol–water partition coefficient (Wildman–Crippen LogP) is 3.50. The summed E-state index contributed by atoms with van der Waals surface area (Å²) in [6.07, 6.45) is 0.989. The summed E-state index contributed by atoms with van der Waals surface area (Å²) < 4.78 is 5.63. The number of ether oxygens (including phenoxy) is 1. The first-order chi connectivity index (χ1) is 10.9. The fourth-order valence-electron chi connectivity index (χ4n) is 3.02. The van der Waals surface area contributed by atoms with E-state index >= 15 is 0 Å². The molecule has 4 nitrogen and oxygen atoms in total. The fourth-order valence-corrected chi connectivity index (χ4v) is 3.02.